The number of hydrogen-bond donors (Lipinski definition) is 1. The third-order valence-corrected chi connectivity index (χ3v) is 6.66. The first-order valence-corrected chi connectivity index (χ1v) is 12.8. The first-order chi connectivity index (χ1) is 18.2. The number of halogens is 2. The summed E-state index contributed by atoms with van der Waals surface area (Å²) in [5.41, 5.74) is 3.78. The third-order valence-electron chi connectivity index (χ3n) is 6.66. The number of rotatable bonds is 8. The quantitative estimate of drug-likeness (QED) is 0.427. The molecule has 1 aromatic carbocycles. The predicted octanol–water partition coefficient (Wildman–Crippen LogP) is 4.64. The molecule has 1 N–H and O–H groups in total. The number of piperidine rings is 1. The standard InChI is InChI=1S/C20H21FN2O2.C8H15FN2O2/c1-5-13-10-16-19(20(25-12(2)3)17(11-24)23(16)4)22-18(13)14-8-6-7-9-15(14)21;1-10-7-2-4-11(5-3-7)8(12)6-13-9/h6-12H,5H2,1-4H3;7,10H,2-6H2,1H3. The molecular formula is C28H36F2N4O4. The highest BCUT2D eigenvalue weighted by Crippen LogP contribution is 2.35. The Balaban J connectivity index is 0.000000260. The van der Waals surface area contributed by atoms with Crippen LogP contribution in [-0.4, -0.2) is 65.5 Å². The van der Waals surface area contributed by atoms with E-state index in [0.29, 0.717) is 53.8 Å². The number of aromatic nitrogens is 2. The van der Waals surface area contributed by atoms with Crippen molar-refractivity contribution in [2.75, 3.05) is 26.7 Å². The van der Waals surface area contributed by atoms with Gasteiger partial charge in [-0.25, -0.2) is 9.37 Å². The van der Waals surface area contributed by atoms with Crippen molar-refractivity contribution in [3.05, 3.63) is 47.4 Å². The van der Waals surface area contributed by atoms with Crippen LogP contribution >= 0.6 is 0 Å². The van der Waals surface area contributed by atoms with E-state index in [1.807, 2.05) is 40.9 Å². The number of likely N-dealkylation sites (tertiary alicyclic amines) is 1. The SMILES string of the molecule is CCc1cc2c(nc1-c1ccccc1F)c(OC(C)C)c(C=O)n2C.CNC1CCN(C(=O)COF)CC1. The Labute approximate surface area is 221 Å². The van der Waals surface area contributed by atoms with Crippen molar-refractivity contribution >= 4 is 23.2 Å². The van der Waals surface area contributed by atoms with Crippen LogP contribution in [0.3, 0.4) is 0 Å². The van der Waals surface area contributed by atoms with Crippen molar-refractivity contribution in [1.82, 2.24) is 19.8 Å². The molecule has 1 amide bonds. The molecule has 1 fully saturated rings. The largest absolute Gasteiger partial charge is 0.486 e. The van der Waals surface area contributed by atoms with E-state index in [0.717, 1.165) is 30.2 Å². The summed E-state index contributed by atoms with van der Waals surface area (Å²) in [4.78, 5) is 32.4. The van der Waals surface area contributed by atoms with Crippen LogP contribution in [0, 0.1) is 5.82 Å². The number of nitrogens with one attached hydrogen (secondary N) is 1. The van der Waals surface area contributed by atoms with Crippen molar-refractivity contribution in [1.29, 1.82) is 0 Å². The Bertz CT molecular complexity index is 1250. The lowest BCUT2D eigenvalue weighted by molar-refractivity contribution is -0.165. The lowest BCUT2D eigenvalue weighted by Crippen LogP contribution is -2.44. The van der Waals surface area contributed by atoms with Crippen LogP contribution in [0.25, 0.3) is 22.3 Å². The number of aryl methyl sites for hydroxylation is 2. The van der Waals surface area contributed by atoms with E-state index in [9.17, 15) is 18.5 Å². The number of amides is 1. The van der Waals surface area contributed by atoms with Crippen molar-refractivity contribution < 1.29 is 28.2 Å². The summed E-state index contributed by atoms with van der Waals surface area (Å²) in [5, 5.41) is 3.15. The summed E-state index contributed by atoms with van der Waals surface area (Å²) in [7, 11) is 3.72. The third kappa shape index (κ3) is 6.54. The Morgan fingerprint density at radius 2 is 1.95 bits per heavy atom. The molecule has 8 nitrogen and oxygen atoms in total. The normalized spacial score (nSPS) is 13.9. The van der Waals surface area contributed by atoms with Crippen molar-refractivity contribution in [2.45, 2.75) is 52.2 Å². The Morgan fingerprint density at radius 3 is 2.50 bits per heavy atom. The van der Waals surface area contributed by atoms with Gasteiger partial charge >= 0.3 is 0 Å². The van der Waals surface area contributed by atoms with Gasteiger partial charge in [-0.3, -0.25) is 9.59 Å². The number of fused-ring (bicyclic) bond motifs is 1. The van der Waals surface area contributed by atoms with Gasteiger partial charge < -0.3 is 19.5 Å². The van der Waals surface area contributed by atoms with Crippen LogP contribution in [0.1, 0.15) is 49.7 Å². The number of pyridine rings is 1. The van der Waals surface area contributed by atoms with Crippen LogP contribution in [0.4, 0.5) is 8.92 Å². The molecule has 38 heavy (non-hydrogen) atoms. The number of carbonyl (C=O) groups is 2. The molecule has 10 heteroatoms. The molecule has 4 rings (SSSR count). The summed E-state index contributed by atoms with van der Waals surface area (Å²) in [6, 6.07) is 9.03. The van der Waals surface area contributed by atoms with E-state index in [1.165, 1.54) is 6.07 Å². The summed E-state index contributed by atoms with van der Waals surface area (Å²) in [5.74, 6) is -0.137. The molecule has 2 aromatic heterocycles. The van der Waals surface area contributed by atoms with E-state index in [2.05, 4.69) is 10.3 Å². The second-order valence-corrected chi connectivity index (χ2v) is 9.45. The maximum absolute atomic E-state index is 14.3. The minimum atomic E-state index is -0.454. The number of hydrogen-bond acceptors (Lipinski definition) is 6. The average molecular weight is 531 g/mol. The molecule has 3 heterocycles. The topological polar surface area (TPSA) is 85.7 Å². The van der Waals surface area contributed by atoms with Gasteiger partial charge in [0, 0.05) is 31.7 Å². The van der Waals surface area contributed by atoms with Crippen LogP contribution in [0.5, 0.6) is 5.75 Å². The van der Waals surface area contributed by atoms with Gasteiger partial charge in [0.1, 0.15) is 17.0 Å². The van der Waals surface area contributed by atoms with Crippen LogP contribution in [-0.2, 0) is 23.2 Å². The number of benzene rings is 1. The maximum atomic E-state index is 14.3. The minimum Gasteiger partial charge on any atom is -0.486 e. The lowest BCUT2D eigenvalue weighted by atomic mass is 10.0. The number of ether oxygens (including phenoxy) is 1. The van der Waals surface area contributed by atoms with Crippen molar-refractivity contribution in [3.8, 4) is 17.0 Å². The molecule has 0 unspecified atom stereocenters. The zero-order valence-electron chi connectivity index (χ0n) is 22.6. The molecule has 0 aliphatic carbocycles. The maximum Gasteiger partial charge on any atom is 0.252 e. The first-order valence-electron chi connectivity index (χ1n) is 12.8. The molecule has 1 aliphatic rings. The summed E-state index contributed by atoms with van der Waals surface area (Å²) < 4.78 is 33.3. The fraction of sp³-hybridized carbons (Fsp3) is 0.464. The highest BCUT2D eigenvalue weighted by molar-refractivity contribution is 5.95. The molecule has 0 bridgehead atoms. The smallest absolute Gasteiger partial charge is 0.252 e. The molecule has 0 spiro atoms. The summed E-state index contributed by atoms with van der Waals surface area (Å²) >= 11 is 0. The Kier molecular flexibility index (Phi) is 10.3. The van der Waals surface area contributed by atoms with Gasteiger partial charge in [-0.1, -0.05) is 19.1 Å². The van der Waals surface area contributed by atoms with E-state index in [-0.39, 0.29) is 17.8 Å². The predicted molar refractivity (Wildman–Crippen MR) is 142 cm³/mol. The average Bonchev–Trinajstić information content (AvgIpc) is 3.17. The van der Waals surface area contributed by atoms with Crippen LogP contribution in [0.2, 0.25) is 0 Å². The molecule has 0 saturated carbocycles. The van der Waals surface area contributed by atoms with Gasteiger partial charge in [-0.05, 0) is 68.4 Å². The molecule has 1 saturated heterocycles. The molecule has 0 radical (unpaired) electrons. The monoisotopic (exact) mass is 530 g/mol. The minimum absolute atomic E-state index is 0.103. The number of aldehydes is 1. The highest BCUT2D eigenvalue weighted by Gasteiger charge is 2.23. The van der Waals surface area contributed by atoms with Gasteiger partial charge in [0.15, 0.2) is 18.6 Å². The van der Waals surface area contributed by atoms with Gasteiger partial charge in [-0.2, -0.15) is 4.94 Å². The number of carbonyl (C=O) groups excluding carboxylic acids is 2. The molecule has 206 valence electrons. The van der Waals surface area contributed by atoms with Gasteiger partial charge in [0.05, 0.1) is 17.3 Å². The van der Waals surface area contributed by atoms with Gasteiger partial charge in [-0.15, -0.1) is 0 Å². The number of nitrogens with zero attached hydrogens (tertiary/aromatic N) is 3. The van der Waals surface area contributed by atoms with E-state index < -0.39 is 6.61 Å². The zero-order chi connectivity index (χ0) is 27.8. The van der Waals surface area contributed by atoms with Crippen molar-refractivity contribution in [3.63, 3.8) is 0 Å². The fourth-order valence-electron chi connectivity index (χ4n) is 4.56. The Hall–Kier alpha value is -3.37. The molecule has 1 aliphatic heterocycles. The zero-order valence-corrected chi connectivity index (χ0v) is 22.6. The van der Waals surface area contributed by atoms with E-state index in [4.69, 9.17) is 9.72 Å². The second-order valence-electron chi connectivity index (χ2n) is 9.45. The van der Waals surface area contributed by atoms with Crippen LogP contribution < -0.4 is 10.1 Å². The summed E-state index contributed by atoms with van der Waals surface area (Å²) in [6.07, 6.45) is 3.22. The fourth-order valence-corrected chi connectivity index (χ4v) is 4.56. The second kappa shape index (κ2) is 13.4. The van der Waals surface area contributed by atoms with Crippen molar-refractivity contribution in [2.24, 2.45) is 7.05 Å². The molecule has 0 atom stereocenters. The van der Waals surface area contributed by atoms with E-state index in [1.54, 1.807) is 27.7 Å². The van der Waals surface area contributed by atoms with E-state index >= 15 is 0 Å². The Morgan fingerprint density at radius 1 is 1.26 bits per heavy atom. The molecular weight excluding hydrogens is 494 g/mol. The lowest BCUT2D eigenvalue weighted by Gasteiger charge is -2.31. The van der Waals surface area contributed by atoms with Gasteiger partial charge in [0.25, 0.3) is 5.91 Å². The molecule has 3 aromatic rings. The van der Waals surface area contributed by atoms with Gasteiger partial charge in [0.2, 0.25) is 0 Å². The summed E-state index contributed by atoms with van der Waals surface area (Å²) in [6.45, 7) is 6.71. The van der Waals surface area contributed by atoms with Crippen LogP contribution in [0.15, 0.2) is 30.3 Å². The first kappa shape index (κ1) is 29.2. The highest BCUT2D eigenvalue weighted by atomic mass is 19.3.